The first kappa shape index (κ1) is 17.9. The maximum Gasteiger partial charge on any atom is 0.261 e. The summed E-state index contributed by atoms with van der Waals surface area (Å²) in [6.45, 7) is 2.58. The summed E-state index contributed by atoms with van der Waals surface area (Å²) in [4.78, 5) is 12.5. The second-order valence-electron chi connectivity index (χ2n) is 5.81. The molecule has 0 bridgehead atoms. The number of nitrogens with one attached hydrogen (secondary N) is 2. The van der Waals surface area contributed by atoms with Gasteiger partial charge in [0.2, 0.25) is 0 Å². The highest BCUT2D eigenvalue weighted by molar-refractivity contribution is 7.80. The average molecular weight is 364 g/mol. The van der Waals surface area contributed by atoms with Crippen molar-refractivity contribution < 1.29 is 9.53 Å². The Hall–Kier alpha value is -2.92. The molecule has 5 heteroatoms. The molecule has 132 valence electrons. The molecule has 0 heterocycles. The van der Waals surface area contributed by atoms with E-state index in [0.29, 0.717) is 17.9 Å². The molecule has 0 spiro atoms. The van der Waals surface area contributed by atoms with Gasteiger partial charge >= 0.3 is 0 Å². The molecule has 0 saturated carbocycles. The van der Waals surface area contributed by atoms with Crippen LogP contribution < -0.4 is 15.4 Å². The number of benzene rings is 3. The summed E-state index contributed by atoms with van der Waals surface area (Å²) in [6.07, 6.45) is 0.873. The molecule has 3 aromatic rings. The number of hydrogen-bond donors (Lipinski definition) is 2. The number of hydrogen-bond acceptors (Lipinski definition) is 3. The molecular weight excluding hydrogens is 344 g/mol. The molecule has 26 heavy (non-hydrogen) atoms. The number of para-hydroxylation sites is 1. The first-order valence-electron chi connectivity index (χ1n) is 8.50. The van der Waals surface area contributed by atoms with Crippen molar-refractivity contribution in [3.8, 4) is 5.75 Å². The fraction of sp³-hybridized carbons (Fsp3) is 0.143. The van der Waals surface area contributed by atoms with E-state index in [4.69, 9.17) is 17.0 Å². The maximum atomic E-state index is 12.5. The van der Waals surface area contributed by atoms with Crippen LogP contribution in [-0.4, -0.2) is 17.6 Å². The van der Waals surface area contributed by atoms with E-state index in [-0.39, 0.29) is 11.0 Å². The van der Waals surface area contributed by atoms with E-state index in [9.17, 15) is 4.79 Å². The number of rotatable bonds is 5. The summed E-state index contributed by atoms with van der Waals surface area (Å²) in [7, 11) is 0. The fourth-order valence-corrected chi connectivity index (χ4v) is 2.80. The van der Waals surface area contributed by atoms with Crippen LogP contribution in [0.2, 0.25) is 0 Å². The van der Waals surface area contributed by atoms with Crippen molar-refractivity contribution in [2.45, 2.75) is 13.3 Å². The highest BCUT2D eigenvalue weighted by Gasteiger charge is 2.13. The molecule has 0 saturated heterocycles. The summed E-state index contributed by atoms with van der Waals surface area (Å²) < 4.78 is 5.63. The number of ether oxygens (including phenoxy) is 1. The Labute approximate surface area is 158 Å². The first-order chi connectivity index (χ1) is 12.7. The fourth-order valence-electron chi connectivity index (χ4n) is 2.59. The van der Waals surface area contributed by atoms with E-state index in [2.05, 4.69) is 10.6 Å². The Morgan fingerprint density at radius 2 is 1.73 bits per heavy atom. The topological polar surface area (TPSA) is 50.4 Å². The minimum absolute atomic E-state index is 0.246. The molecular formula is C21H20N2O2S. The molecule has 2 N–H and O–H groups in total. The number of amides is 1. The van der Waals surface area contributed by atoms with Gasteiger partial charge in [0.15, 0.2) is 5.11 Å². The van der Waals surface area contributed by atoms with E-state index < -0.39 is 0 Å². The quantitative estimate of drug-likeness (QED) is 0.641. The summed E-state index contributed by atoms with van der Waals surface area (Å²) in [5.41, 5.74) is 1.29. The van der Waals surface area contributed by atoms with Crippen LogP contribution in [0.3, 0.4) is 0 Å². The zero-order valence-corrected chi connectivity index (χ0v) is 15.3. The van der Waals surface area contributed by atoms with Gasteiger partial charge in [-0.2, -0.15) is 0 Å². The van der Waals surface area contributed by atoms with Crippen LogP contribution in [0, 0.1) is 0 Å². The van der Waals surface area contributed by atoms with Crippen molar-refractivity contribution in [2.24, 2.45) is 0 Å². The summed E-state index contributed by atoms with van der Waals surface area (Å²) in [6, 6.07) is 21.1. The van der Waals surface area contributed by atoms with E-state index in [1.165, 1.54) is 0 Å². The van der Waals surface area contributed by atoms with E-state index in [1.54, 1.807) is 18.2 Å². The van der Waals surface area contributed by atoms with Crippen LogP contribution in [0.15, 0.2) is 66.7 Å². The molecule has 3 rings (SSSR count). The standard InChI is InChI=1S/C21H20N2O2S/c1-2-13-25-19-10-6-5-9-18(19)20(24)23-21(26)22-17-12-11-15-7-3-4-8-16(15)14-17/h3-12,14H,2,13H2,1H3,(H2,22,23,24,26). The van der Waals surface area contributed by atoms with Gasteiger partial charge in [-0.05, 0) is 53.7 Å². The van der Waals surface area contributed by atoms with Gasteiger partial charge in [0.25, 0.3) is 5.91 Å². The van der Waals surface area contributed by atoms with Crippen LogP contribution >= 0.6 is 12.2 Å². The summed E-state index contributed by atoms with van der Waals surface area (Å²) >= 11 is 5.28. The normalized spacial score (nSPS) is 10.3. The molecule has 1 amide bonds. The molecule has 0 aliphatic carbocycles. The molecule has 0 atom stereocenters. The van der Waals surface area contributed by atoms with Gasteiger partial charge < -0.3 is 10.1 Å². The Balaban J connectivity index is 1.68. The van der Waals surface area contributed by atoms with Crippen LogP contribution in [0.25, 0.3) is 10.8 Å². The number of carbonyl (C=O) groups is 1. The average Bonchev–Trinajstić information content (AvgIpc) is 2.66. The van der Waals surface area contributed by atoms with Crippen molar-refractivity contribution in [1.29, 1.82) is 0 Å². The number of anilines is 1. The third kappa shape index (κ3) is 4.37. The summed E-state index contributed by atoms with van der Waals surface area (Å²) in [5.74, 6) is 0.260. The molecule has 0 radical (unpaired) electrons. The molecule has 3 aromatic carbocycles. The lowest BCUT2D eigenvalue weighted by atomic mass is 10.1. The molecule has 0 fully saturated rings. The van der Waals surface area contributed by atoms with E-state index in [1.807, 2.05) is 55.5 Å². The molecule has 0 aliphatic heterocycles. The van der Waals surface area contributed by atoms with Crippen molar-refractivity contribution in [3.05, 3.63) is 72.3 Å². The smallest absolute Gasteiger partial charge is 0.261 e. The lowest BCUT2D eigenvalue weighted by Crippen LogP contribution is -2.34. The van der Waals surface area contributed by atoms with Gasteiger partial charge in [0, 0.05) is 5.69 Å². The van der Waals surface area contributed by atoms with Gasteiger partial charge in [-0.1, -0.05) is 49.4 Å². The molecule has 0 aromatic heterocycles. The van der Waals surface area contributed by atoms with Crippen molar-refractivity contribution in [2.75, 3.05) is 11.9 Å². The minimum atomic E-state index is -0.296. The molecule has 0 unspecified atom stereocenters. The van der Waals surface area contributed by atoms with Gasteiger partial charge in [0.05, 0.1) is 12.2 Å². The van der Waals surface area contributed by atoms with Crippen LogP contribution in [0.4, 0.5) is 5.69 Å². The predicted molar refractivity (Wildman–Crippen MR) is 110 cm³/mol. The van der Waals surface area contributed by atoms with Crippen LogP contribution in [-0.2, 0) is 0 Å². The van der Waals surface area contributed by atoms with Crippen LogP contribution in [0.5, 0.6) is 5.75 Å². The zero-order valence-electron chi connectivity index (χ0n) is 14.5. The molecule has 4 nitrogen and oxygen atoms in total. The summed E-state index contributed by atoms with van der Waals surface area (Å²) in [5, 5.41) is 8.26. The van der Waals surface area contributed by atoms with Gasteiger partial charge in [-0.15, -0.1) is 0 Å². The van der Waals surface area contributed by atoms with Gasteiger partial charge in [-0.3, -0.25) is 10.1 Å². The third-order valence-electron chi connectivity index (χ3n) is 3.83. The Morgan fingerprint density at radius 3 is 2.54 bits per heavy atom. The van der Waals surface area contributed by atoms with E-state index >= 15 is 0 Å². The van der Waals surface area contributed by atoms with Crippen molar-refractivity contribution >= 4 is 39.7 Å². The second kappa shape index (κ2) is 8.45. The third-order valence-corrected chi connectivity index (χ3v) is 4.03. The van der Waals surface area contributed by atoms with Crippen LogP contribution in [0.1, 0.15) is 23.7 Å². The Bertz CT molecular complexity index is 940. The number of fused-ring (bicyclic) bond motifs is 1. The Morgan fingerprint density at radius 1 is 1.00 bits per heavy atom. The number of thiocarbonyl (C=S) groups is 1. The highest BCUT2D eigenvalue weighted by Crippen LogP contribution is 2.20. The van der Waals surface area contributed by atoms with Crippen molar-refractivity contribution in [3.63, 3.8) is 0 Å². The SMILES string of the molecule is CCCOc1ccccc1C(=O)NC(=S)Nc1ccc2ccccc2c1. The Kier molecular flexibility index (Phi) is 5.81. The first-order valence-corrected chi connectivity index (χ1v) is 8.91. The predicted octanol–water partition coefficient (Wildman–Crippen LogP) is 4.76. The second-order valence-corrected chi connectivity index (χ2v) is 6.22. The monoisotopic (exact) mass is 364 g/mol. The van der Waals surface area contributed by atoms with E-state index in [0.717, 1.165) is 22.9 Å². The highest BCUT2D eigenvalue weighted by atomic mass is 32.1. The number of carbonyl (C=O) groups excluding carboxylic acids is 1. The lowest BCUT2D eigenvalue weighted by molar-refractivity contribution is 0.0973. The lowest BCUT2D eigenvalue weighted by Gasteiger charge is -2.13. The minimum Gasteiger partial charge on any atom is -0.493 e. The zero-order chi connectivity index (χ0) is 18.4. The van der Waals surface area contributed by atoms with Gasteiger partial charge in [-0.25, -0.2) is 0 Å². The van der Waals surface area contributed by atoms with Crippen molar-refractivity contribution in [1.82, 2.24) is 5.32 Å². The van der Waals surface area contributed by atoms with Gasteiger partial charge in [0.1, 0.15) is 5.75 Å². The molecule has 0 aliphatic rings. The maximum absolute atomic E-state index is 12.5. The largest absolute Gasteiger partial charge is 0.493 e.